The third kappa shape index (κ3) is 3.94. The van der Waals surface area contributed by atoms with Crippen LogP contribution in [0.2, 0.25) is 0 Å². The number of nitrogens with one attached hydrogen (secondary N) is 3. The van der Waals surface area contributed by atoms with Crippen molar-refractivity contribution in [3.8, 4) is 11.1 Å². The number of hydrogen-bond donors (Lipinski definition) is 3. The number of fused-ring (bicyclic) bond motifs is 2. The van der Waals surface area contributed by atoms with Crippen LogP contribution in [0.1, 0.15) is 29.3 Å². The molecule has 0 radical (unpaired) electrons. The average molecular weight is 409 g/mol. The van der Waals surface area contributed by atoms with Crippen molar-refractivity contribution in [1.82, 2.24) is 15.6 Å². The lowest BCUT2D eigenvalue weighted by Gasteiger charge is -2.15. The molecule has 0 fully saturated rings. The minimum atomic E-state index is -0.619. The van der Waals surface area contributed by atoms with Crippen LogP contribution in [0.3, 0.4) is 0 Å². The Bertz CT molecular complexity index is 1230. The van der Waals surface area contributed by atoms with E-state index in [2.05, 4.69) is 45.9 Å². The van der Waals surface area contributed by atoms with E-state index in [0.29, 0.717) is 0 Å². The van der Waals surface area contributed by atoms with Gasteiger partial charge in [-0.2, -0.15) is 0 Å². The SMILES string of the molecule is O=C(NCc1cc2ccccc2[nH]1)C(=O)NC1CCc2ccc(-c3ccccc3)cc21. The molecule has 5 nitrogen and oxygen atoms in total. The predicted octanol–water partition coefficient (Wildman–Crippen LogP) is 4.25. The largest absolute Gasteiger partial charge is 0.357 e. The van der Waals surface area contributed by atoms with Crippen molar-refractivity contribution in [1.29, 1.82) is 0 Å². The van der Waals surface area contributed by atoms with E-state index in [-0.39, 0.29) is 12.6 Å². The van der Waals surface area contributed by atoms with Crippen LogP contribution in [0.15, 0.2) is 78.9 Å². The molecule has 4 aromatic rings. The predicted molar refractivity (Wildman–Crippen MR) is 121 cm³/mol. The van der Waals surface area contributed by atoms with E-state index in [9.17, 15) is 9.59 Å². The van der Waals surface area contributed by atoms with E-state index in [0.717, 1.165) is 46.1 Å². The van der Waals surface area contributed by atoms with Crippen molar-refractivity contribution >= 4 is 22.7 Å². The number of carbonyl (C=O) groups excluding carboxylic acids is 2. The summed E-state index contributed by atoms with van der Waals surface area (Å²) in [6.07, 6.45) is 1.70. The van der Waals surface area contributed by atoms with Gasteiger partial charge in [0.1, 0.15) is 0 Å². The summed E-state index contributed by atoms with van der Waals surface area (Å²) >= 11 is 0. The highest BCUT2D eigenvalue weighted by Gasteiger charge is 2.26. The van der Waals surface area contributed by atoms with Gasteiger partial charge in [0.2, 0.25) is 0 Å². The van der Waals surface area contributed by atoms with Crippen LogP contribution in [0.25, 0.3) is 22.0 Å². The van der Waals surface area contributed by atoms with E-state index >= 15 is 0 Å². The molecule has 154 valence electrons. The molecular weight excluding hydrogens is 386 g/mol. The number of aromatic amines is 1. The van der Waals surface area contributed by atoms with Gasteiger partial charge in [-0.1, -0.05) is 60.7 Å². The van der Waals surface area contributed by atoms with Crippen molar-refractivity contribution in [3.63, 3.8) is 0 Å². The molecule has 3 N–H and O–H groups in total. The van der Waals surface area contributed by atoms with Crippen LogP contribution < -0.4 is 10.6 Å². The van der Waals surface area contributed by atoms with Gasteiger partial charge in [-0.25, -0.2) is 0 Å². The standard InChI is InChI=1S/C26H23N3O2/c30-25(27-16-21-14-20-8-4-5-9-23(20)28-21)26(31)29-24-13-12-18-10-11-19(15-22(18)24)17-6-2-1-3-7-17/h1-11,14-15,24,28H,12-13,16H2,(H,27,30)(H,29,31). The molecule has 2 amide bonds. The van der Waals surface area contributed by atoms with E-state index in [4.69, 9.17) is 0 Å². The molecule has 0 saturated heterocycles. The highest BCUT2D eigenvalue weighted by molar-refractivity contribution is 6.35. The van der Waals surface area contributed by atoms with Crippen molar-refractivity contribution in [2.24, 2.45) is 0 Å². The molecule has 3 aromatic carbocycles. The molecule has 1 aromatic heterocycles. The fourth-order valence-electron chi connectivity index (χ4n) is 4.27. The van der Waals surface area contributed by atoms with Crippen LogP contribution in [0.5, 0.6) is 0 Å². The number of rotatable bonds is 4. The Morgan fingerprint density at radius 3 is 2.52 bits per heavy atom. The van der Waals surface area contributed by atoms with Crippen LogP contribution >= 0.6 is 0 Å². The van der Waals surface area contributed by atoms with Gasteiger partial charge in [-0.05, 0) is 58.7 Å². The maximum absolute atomic E-state index is 12.5. The van der Waals surface area contributed by atoms with Crippen molar-refractivity contribution in [2.75, 3.05) is 0 Å². The smallest absolute Gasteiger partial charge is 0.309 e. The van der Waals surface area contributed by atoms with Crippen LogP contribution in [-0.4, -0.2) is 16.8 Å². The molecule has 1 unspecified atom stereocenters. The lowest BCUT2D eigenvalue weighted by molar-refractivity contribution is -0.139. The topological polar surface area (TPSA) is 74.0 Å². The molecule has 0 spiro atoms. The summed E-state index contributed by atoms with van der Waals surface area (Å²) in [6, 6.07) is 26.3. The number of hydrogen-bond acceptors (Lipinski definition) is 2. The first-order valence-corrected chi connectivity index (χ1v) is 10.5. The van der Waals surface area contributed by atoms with Crippen LogP contribution in [0, 0.1) is 0 Å². The Kier molecular flexibility index (Phi) is 5.00. The highest BCUT2D eigenvalue weighted by atomic mass is 16.2. The molecule has 5 heteroatoms. The Balaban J connectivity index is 1.24. The van der Waals surface area contributed by atoms with E-state index in [1.54, 1.807) is 0 Å². The molecule has 1 atom stereocenters. The number of carbonyl (C=O) groups is 2. The van der Waals surface area contributed by atoms with E-state index in [1.165, 1.54) is 5.56 Å². The minimum absolute atomic E-state index is 0.148. The van der Waals surface area contributed by atoms with Crippen LogP contribution in [-0.2, 0) is 22.6 Å². The number of aryl methyl sites for hydroxylation is 1. The summed E-state index contributed by atoms with van der Waals surface area (Å²) < 4.78 is 0. The second-order valence-corrected chi connectivity index (χ2v) is 7.91. The number of H-pyrrole nitrogens is 1. The molecule has 5 rings (SSSR count). The quantitative estimate of drug-likeness (QED) is 0.441. The monoisotopic (exact) mass is 409 g/mol. The summed E-state index contributed by atoms with van der Waals surface area (Å²) in [5, 5.41) is 6.70. The molecule has 0 saturated carbocycles. The van der Waals surface area contributed by atoms with E-state index < -0.39 is 11.8 Å². The third-order valence-electron chi connectivity index (χ3n) is 5.87. The third-order valence-corrected chi connectivity index (χ3v) is 5.87. The highest BCUT2D eigenvalue weighted by Crippen LogP contribution is 2.34. The van der Waals surface area contributed by atoms with Crippen molar-refractivity contribution in [2.45, 2.75) is 25.4 Å². The summed E-state index contributed by atoms with van der Waals surface area (Å²) in [4.78, 5) is 28.2. The van der Waals surface area contributed by atoms with Gasteiger partial charge >= 0.3 is 11.8 Å². The molecular formula is C26H23N3O2. The molecule has 0 bridgehead atoms. The zero-order valence-electron chi connectivity index (χ0n) is 17.0. The zero-order chi connectivity index (χ0) is 21.2. The van der Waals surface area contributed by atoms with Crippen molar-refractivity contribution < 1.29 is 9.59 Å². The Morgan fingerprint density at radius 2 is 1.68 bits per heavy atom. The zero-order valence-corrected chi connectivity index (χ0v) is 17.0. The Labute approximate surface area is 180 Å². The van der Waals surface area contributed by atoms with Gasteiger partial charge in [0, 0.05) is 11.2 Å². The average Bonchev–Trinajstić information content (AvgIpc) is 3.41. The normalized spacial score (nSPS) is 14.9. The lowest BCUT2D eigenvalue weighted by atomic mass is 9.99. The first-order chi connectivity index (χ1) is 15.2. The summed E-state index contributed by atoms with van der Waals surface area (Å²) in [7, 11) is 0. The molecule has 1 aliphatic carbocycles. The summed E-state index contributed by atoms with van der Waals surface area (Å²) in [6.45, 7) is 0.278. The first kappa shape index (κ1) is 19.1. The van der Waals surface area contributed by atoms with Gasteiger partial charge in [0.05, 0.1) is 12.6 Å². The van der Waals surface area contributed by atoms with Gasteiger partial charge in [0.15, 0.2) is 0 Å². The summed E-state index contributed by atoms with van der Waals surface area (Å²) in [5.74, 6) is -1.22. The number of benzene rings is 3. The van der Waals surface area contributed by atoms with Gasteiger partial charge in [-0.15, -0.1) is 0 Å². The number of para-hydroxylation sites is 1. The first-order valence-electron chi connectivity index (χ1n) is 10.5. The maximum Gasteiger partial charge on any atom is 0.309 e. The molecule has 1 heterocycles. The summed E-state index contributed by atoms with van der Waals surface area (Å²) in [5.41, 5.74) is 6.44. The Morgan fingerprint density at radius 1 is 0.871 bits per heavy atom. The maximum atomic E-state index is 12.5. The Hall–Kier alpha value is -3.86. The molecule has 1 aliphatic rings. The van der Waals surface area contributed by atoms with Gasteiger partial charge in [0.25, 0.3) is 0 Å². The van der Waals surface area contributed by atoms with Crippen LogP contribution in [0.4, 0.5) is 0 Å². The second kappa shape index (κ2) is 8.11. The number of amides is 2. The second-order valence-electron chi connectivity index (χ2n) is 7.91. The fraction of sp³-hybridized carbons (Fsp3) is 0.154. The minimum Gasteiger partial charge on any atom is -0.357 e. The van der Waals surface area contributed by atoms with Gasteiger partial charge < -0.3 is 15.6 Å². The molecule has 0 aliphatic heterocycles. The number of aromatic nitrogens is 1. The lowest BCUT2D eigenvalue weighted by Crippen LogP contribution is -2.40. The van der Waals surface area contributed by atoms with Crippen molar-refractivity contribution in [3.05, 3.63) is 95.7 Å². The van der Waals surface area contributed by atoms with Gasteiger partial charge in [-0.3, -0.25) is 9.59 Å². The molecule has 31 heavy (non-hydrogen) atoms. The fourth-order valence-corrected chi connectivity index (χ4v) is 4.27. The van der Waals surface area contributed by atoms with E-state index in [1.807, 2.05) is 48.5 Å².